The zero-order valence-corrected chi connectivity index (χ0v) is 11.2. The van der Waals surface area contributed by atoms with Gasteiger partial charge >= 0.3 is 5.97 Å². The first-order chi connectivity index (χ1) is 8.45. The van der Waals surface area contributed by atoms with Gasteiger partial charge in [-0.05, 0) is 62.3 Å². The largest absolute Gasteiger partial charge is 0.496 e. The molecule has 0 saturated heterocycles. The fourth-order valence-electron chi connectivity index (χ4n) is 2.66. The van der Waals surface area contributed by atoms with Gasteiger partial charge in [0, 0.05) is 0 Å². The van der Waals surface area contributed by atoms with Crippen LogP contribution in [0.2, 0.25) is 0 Å². The third kappa shape index (κ3) is 2.22. The average Bonchev–Trinajstić information content (AvgIpc) is 2.78. The van der Waals surface area contributed by atoms with E-state index in [1.807, 2.05) is 12.1 Å². The summed E-state index contributed by atoms with van der Waals surface area (Å²) in [5.74, 6) is 0.199. The minimum Gasteiger partial charge on any atom is -0.496 e. The van der Waals surface area contributed by atoms with Gasteiger partial charge in [-0.3, -0.25) is 4.79 Å². The normalized spacial score (nSPS) is 14.4. The zero-order chi connectivity index (χ0) is 13.3. The van der Waals surface area contributed by atoms with Gasteiger partial charge in [0.15, 0.2) is 0 Å². The molecular formula is C15H20O3. The van der Waals surface area contributed by atoms with E-state index in [0.717, 1.165) is 30.6 Å². The molecule has 0 bridgehead atoms. The van der Waals surface area contributed by atoms with Crippen LogP contribution in [0.4, 0.5) is 0 Å². The Labute approximate surface area is 108 Å². The number of ether oxygens (including phenoxy) is 1. The first-order valence-corrected chi connectivity index (χ1v) is 6.37. The van der Waals surface area contributed by atoms with E-state index in [1.165, 1.54) is 11.1 Å². The van der Waals surface area contributed by atoms with E-state index in [9.17, 15) is 9.90 Å². The number of aliphatic carboxylic acids is 1. The SMILES string of the molecule is COc1ccc(CC(C)(C)C(=O)O)c2c1CCC2. The van der Waals surface area contributed by atoms with Crippen LogP contribution in [-0.4, -0.2) is 18.2 Å². The molecule has 0 unspecified atom stereocenters. The number of benzene rings is 1. The molecule has 3 heteroatoms. The number of carboxylic acid groups (broad SMARTS) is 1. The number of carboxylic acids is 1. The van der Waals surface area contributed by atoms with Crippen LogP contribution < -0.4 is 4.74 Å². The van der Waals surface area contributed by atoms with Crippen molar-refractivity contribution in [3.63, 3.8) is 0 Å². The van der Waals surface area contributed by atoms with Crippen LogP contribution in [0.5, 0.6) is 5.75 Å². The van der Waals surface area contributed by atoms with E-state index < -0.39 is 11.4 Å². The maximum absolute atomic E-state index is 11.2. The summed E-state index contributed by atoms with van der Waals surface area (Å²) in [7, 11) is 1.69. The zero-order valence-electron chi connectivity index (χ0n) is 11.2. The first-order valence-electron chi connectivity index (χ1n) is 6.37. The van der Waals surface area contributed by atoms with E-state index >= 15 is 0 Å². The van der Waals surface area contributed by atoms with Crippen LogP contribution in [0.15, 0.2) is 12.1 Å². The van der Waals surface area contributed by atoms with E-state index in [1.54, 1.807) is 21.0 Å². The average molecular weight is 248 g/mol. The summed E-state index contributed by atoms with van der Waals surface area (Å²) in [6, 6.07) is 3.99. The molecule has 0 heterocycles. The standard InChI is InChI=1S/C15H20O3/c1-15(2,14(16)17)9-10-7-8-13(18-3)12-6-4-5-11(10)12/h7-8H,4-6,9H2,1-3H3,(H,16,17). The molecule has 0 amide bonds. The smallest absolute Gasteiger partial charge is 0.309 e. The van der Waals surface area contributed by atoms with Crippen LogP contribution in [0.1, 0.15) is 37.0 Å². The Balaban J connectivity index is 2.36. The van der Waals surface area contributed by atoms with E-state index in [0.29, 0.717) is 6.42 Å². The van der Waals surface area contributed by atoms with Gasteiger partial charge in [-0.2, -0.15) is 0 Å². The lowest BCUT2D eigenvalue weighted by molar-refractivity contribution is -0.146. The van der Waals surface area contributed by atoms with Crippen LogP contribution in [0, 0.1) is 5.41 Å². The highest BCUT2D eigenvalue weighted by Gasteiger charge is 2.30. The summed E-state index contributed by atoms with van der Waals surface area (Å²) < 4.78 is 5.37. The topological polar surface area (TPSA) is 46.5 Å². The van der Waals surface area contributed by atoms with Gasteiger partial charge in [0.25, 0.3) is 0 Å². The van der Waals surface area contributed by atoms with Gasteiger partial charge in [0.1, 0.15) is 5.75 Å². The van der Waals surface area contributed by atoms with Crippen LogP contribution in [0.25, 0.3) is 0 Å². The van der Waals surface area contributed by atoms with Crippen molar-refractivity contribution in [2.24, 2.45) is 5.41 Å². The summed E-state index contributed by atoms with van der Waals surface area (Å²) in [5.41, 5.74) is 3.03. The summed E-state index contributed by atoms with van der Waals surface area (Å²) in [5, 5.41) is 9.23. The number of hydrogen-bond acceptors (Lipinski definition) is 2. The minimum absolute atomic E-state index is 0.578. The maximum atomic E-state index is 11.2. The van der Waals surface area contributed by atoms with Gasteiger partial charge in [-0.15, -0.1) is 0 Å². The molecule has 0 aliphatic heterocycles. The van der Waals surface area contributed by atoms with E-state index in [-0.39, 0.29) is 0 Å². The molecule has 0 fully saturated rings. The van der Waals surface area contributed by atoms with E-state index in [4.69, 9.17) is 4.74 Å². The minimum atomic E-state index is -0.745. The number of rotatable bonds is 4. The molecule has 1 aromatic rings. The molecule has 2 rings (SSSR count). The molecule has 0 atom stereocenters. The van der Waals surface area contributed by atoms with Crippen LogP contribution in [-0.2, 0) is 24.1 Å². The molecule has 0 spiro atoms. The fourth-order valence-corrected chi connectivity index (χ4v) is 2.66. The molecule has 0 saturated carbocycles. The van der Waals surface area contributed by atoms with Crippen molar-refractivity contribution in [2.45, 2.75) is 39.5 Å². The Hall–Kier alpha value is -1.51. The summed E-state index contributed by atoms with van der Waals surface area (Å²) in [4.78, 5) is 11.2. The highest BCUT2D eigenvalue weighted by molar-refractivity contribution is 5.74. The molecule has 1 aliphatic carbocycles. The fraction of sp³-hybridized carbons (Fsp3) is 0.533. The highest BCUT2D eigenvalue weighted by atomic mass is 16.5. The van der Waals surface area contributed by atoms with Gasteiger partial charge in [0.05, 0.1) is 12.5 Å². The summed E-state index contributed by atoms with van der Waals surface area (Å²) in [6.45, 7) is 3.56. The van der Waals surface area contributed by atoms with Crippen LogP contribution >= 0.6 is 0 Å². The lowest BCUT2D eigenvalue weighted by atomic mass is 9.83. The summed E-state index contributed by atoms with van der Waals surface area (Å²) in [6.07, 6.45) is 3.79. The van der Waals surface area contributed by atoms with Crippen LogP contribution in [0.3, 0.4) is 0 Å². The molecule has 1 aliphatic rings. The first kappa shape index (κ1) is 12.9. The van der Waals surface area contributed by atoms with Gasteiger partial charge in [-0.25, -0.2) is 0 Å². The van der Waals surface area contributed by atoms with Crippen molar-refractivity contribution >= 4 is 5.97 Å². The number of methoxy groups -OCH3 is 1. The molecule has 0 aromatic heterocycles. The molecule has 1 aromatic carbocycles. The predicted octanol–water partition coefficient (Wildman–Crippen LogP) is 2.84. The number of fused-ring (bicyclic) bond motifs is 1. The third-order valence-corrected chi connectivity index (χ3v) is 3.77. The quantitative estimate of drug-likeness (QED) is 0.891. The second-order valence-electron chi connectivity index (χ2n) is 5.60. The van der Waals surface area contributed by atoms with Crippen molar-refractivity contribution < 1.29 is 14.6 Å². The Morgan fingerprint density at radius 3 is 2.61 bits per heavy atom. The highest BCUT2D eigenvalue weighted by Crippen LogP contribution is 2.35. The Morgan fingerprint density at radius 1 is 1.33 bits per heavy atom. The number of hydrogen-bond donors (Lipinski definition) is 1. The summed E-state index contributed by atoms with van der Waals surface area (Å²) >= 11 is 0. The Kier molecular flexibility index (Phi) is 3.33. The molecule has 18 heavy (non-hydrogen) atoms. The second-order valence-corrected chi connectivity index (χ2v) is 5.60. The molecule has 98 valence electrons. The molecule has 1 N–H and O–H groups in total. The molecular weight excluding hydrogens is 228 g/mol. The van der Waals surface area contributed by atoms with Crippen molar-refractivity contribution in [3.8, 4) is 5.75 Å². The van der Waals surface area contributed by atoms with E-state index in [2.05, 4.69) is 0 Å². The number of carbonyl (C=O) groups is 1. The van der Waals surface area contributed by atoms with Crippen molar-refractivity contribution in [2.75, 3.05) is 7.11 Å². The lowest BCUT2D eigenvalue weighted by Gasteiger charge is -2.21. The van der Waals surface area contributed by atoms with Gasteiger partial charge in [0.2, 0.25) is 0 Å². The van der Waals surface area contributed by atoms with Crippen molar-refractivity contribution in [1.29, 1.82) is 0 Å². The Bertz CT molecular complexity index is 475. The Morgan fingerprint density at radius 2 is 2.00 bits per heavy atom. The molecule has 3 nitrogen and oxygen atoms in total. The predicted molar refractivity (Wildman–Crippen MR) is 70.1 cm³/mol. The maximum Gasteiger partial charge on any atom is 0.309 e. The van der Waals surface area contributed by atoms with Gasteiger partial charge < -0.3 is 9.84 Å². The lowest BCUT2D eigenvalue weighted by Crippen LogP contribution is -2.26. The third-order valence-electron chi connectivity index (χ3n) is 3.77. The van der Waals surface area contributed by atoms with Crippen molar-refractivity contribution in [3.05, 3.63) is 28.8 Å². The van der Waals surface area contributed by atoms with Gasteiger partial charge in [-0.1, -0.05) is 6.07 Å². The monoisotopic (exact) mass is 248 g/mol. The molecule has 0 radical (unpaired) electrons. The van der Waals surface area contributed by atoms with Crippen molar-refractivity contribution in [1.82, 2.24) is 0 Å². The second kappa shape index (κ2) is 4.63.